The van der Waals surface area contributed by atoms with Crippen LogP contribution in [-0.4, -0.2) is 34.6 Å². The maximum absolute atomic E-state index is 11.7. The fraction of sp³-hybridized carbons (Fsp3) is 0.889. The molecule has 0 N–H and O–H groups in total. The van der Waals surface area contributed by atoms with Gasteiger partial charge in [0.1, 0.15) is 11.2 Å². The lowest BCUT2D eigenvalue weighted by Gasteiger charge is -2.20. The third-order valence-corrected chi connectivity index (χ3v) is 4.13. The summed E-state index contributed by atoms with van der Waals surface area (Å²) < 4.78 is 10.6. The largest absolute Gasteiger partial charge is 0.460 e. The van der Waals surface area contributed by atoms with Gasteiger partial charge in [-0.15, -0.1) is 0 Å². The minimum atomic E-state index is -0.413. The van der Waals surface area contributed by atoms with E-state index >= 15 is 0 Å². The summed E-state index contributed by atoms with van der Waals surface area (Å²) in [6.07, 6.45) is 6.58. The Morgan fingerprint density at radius 2 is 1.17 bits per heavy atom. The van der Waals surface area contributed by atoms with E-state index in [0.717, 1.165) is 25.7 Å². The number of ether oxygens (including phenoxy) is 2. The van der Waals surface area contributed by atoms with E-state index < -0.39 is 11.2 Å². The van der Waals surface area contributed by atoms with Crippen LogP contribution < -0.4 is 0 Å². The molecular formula is C18H34O4S. The van der Waals surface area contributed by atoms with Crippen molar-refractivity contribution in [3.8, 4) is 0 Å². The fourth-order valence-corrected chi connectivity index (χ4v) is 2.92. The molecule has 0 fully saturated rings. The van der Waals surface area contributed by atoms with Crippen LogP contribution >= 0.6 is 11.8 Å². The molecule has 0 rings (SSSR count). The molecule has 0 aromatic rings. The van der Waals surface area contributed by atoms with Gasteiger partial charge in [-0.25, -0.2) is 0 Å². The molecule has 0 atom stereocenters. The maximum Gasteiger partial charge on any atom is 0.306 e. The van der Waals surface area contributed by atoms with E-state index in [9.17, 15) is 9.59 Å². The highest BCUT2D eigenvalue weighted by Crippen LogP contribution is 2.22. The molecule has 0 aromatic carbocycles. The van der Waals surface area contributed by atoms with Crippen LogP contribution in [0.2, 0.25) is 0 Å². The molecule has 0 aliphatic heterocycles. The van der Waals surface area contributed by atoms with Crippen LogP contribution in [0.5, 0.6) is 0 Å². The van der Waals surface area contributed by atoms with Crippen LogP contribution in [0, 0.1) is 0 Å². The molecular weight excluding hydrogens is 312 g/mol. The van der Waals surface area contributed by atoms with Crippen molar-refractivity contribution in [2.24, 2.45) is 0 Å². The first-order valence-corrected chi connectivity index (χ1v) is 9.68. The van der Waals surface area contributed by atoms with Crippen molar-refractivity contribution in [2.45, 2.75) is 96.5 Å². The summed E-state index contributed by atoms with van der Waals surface area (Å²) in [5, 5.41) is 0.472. The summed E-state index contributed by atoms with van der Waals surface area (Å²) in [6.45, 7) is 11.3. The van der Waals surface area contributed by atoms with E-state index in [4.69, 9.17) is 9.47 Å². The van der Waals surface area contributed by atoms with Crippen LogP contribution in [0.4, 0.5) is 0 Å². The van der Waals surface area contributed by atoms with Crippen LogP contribution in [0.1, 0.15) is 80.1 Å². The van der Waals surface area contributed by atoms with Gasteiger partial charge in [0.25, 0.3) is 0 Å². The van der Waals surface area contributed by atoms with Crippen molar-refractivity contribution in [1.29, 1.82) is 0 Å². The molecule has 5 heteroatoms. The predicted octanol–water partition coefficient (Wildman–Crippen LogP) is 4.74. The topological polar surface area (TPSA) is 52.6 Å². The highest BCUT2D eigenvalue weighted by molar-refractivity contribution is 7.99. The van der Waals surface area contributed by atoms with Crippen molar-refractivity contribution >= 4 is 23.7 Å². The first kappa shape index (κ1) is 22.3. The molecule has 0 spiro atoms. The lowest BCUT2D eigenvalue weighted by molar-refractivity contribution is -0.156. The van der Waals surface area contributed by atoms with E-state index in [1.54, 1.807) is 11.8 Å². The first-order chi connectivity index (χ1) is 10.4. The quantitative estimate of drug-likeness (QED) is 0.564. The Bertz CT molecular complexity index is 332. The maximum atomic E-state index is 11.7. The van der Waals surface area contributed by atoms with Crippen molar-refractivity contribution in [1.82, 2.24) is 0 Å². The van der Waals surface area contributed by atoms with Crippen molar-refractivity contribution in [2.75, 3.05) is 6.26 Å². The monoisotopic (exact) mass is 346 g/mol. The van der Waals surface area contributed by atoms with Crippen molar-refractivity contribution in [3.63, 3.8) is 0 Å². The Balaban J connectivity index is 3.91. The van der Waals surface area contributed by atoms with Gasteiger partial charge in [-0.2, -0.15) is 11.8 Å². The predicted molar refractivity (Wildman–Crippen MR) is 96.7 cm³/mol. The number of rotatable bonds is 9. The van der Waals surface area contributed by atoms with Gasteiger partial charge in [0.2, 0.25) is 0 Å². The molecule has 136 valence electrons. The van der Waals surface area contributed by atoms with Gasteiger partial charge in [-0.05, 0) is 73.5 Å². The molecule has 0 aromatic heterocycles. The molecule has 0 aliphatic carbocycles. The molecule has 4 nitrogen and oxygen atoms in total. The lowest BCUT2D eigenvalue weighted by Crippen LogP contribution is -2.24. The lowest BCUT2D eigenvalue weighted by atomic mass is 10.1. The summed E-state index contributed by atoms with van der Waals surface area (Å²) in [6, 6.07) is 0. The third-order valence-electron chi connectivity index (χ3n) is 2.99. The smallest absolute Gasteiger partial charge is 0.306 e. The van der Waals surface area contributed by atoms with E-state index in [-0.39, 0.29) is 11.9 Å². The van der Waals surface area contributed by atoms with Gasteiger partial charge >= 0.3 is 11.9 Å². The van der Waals surface area contributed by atoms with Gasteiger partial charge in [0.15, 0.2) is 0 Å². The molecule has 0 saturated carbocycles. The van der Waals surface area contributed by atoms with E-state index in [1.807, 2.05) is 41.5 Å². The Hall–Kier alpha value is -0.710. The fourth-order valence-electron chi connectivity index (χ4n) is 2.11. The first-order valence-electron chi connectivity index (χ1n) is 8.39. The molecule has 0 bridgehead atoms. The molecule has 0 radical (unpaired) electrons. The minimum Gasteiger partial charge on any atom is -0.460 e. The van der Waals surface area contributed by atoms with E-state index in [2.05, 4.69) is 6.26 Å². The molecule has 0 heterocycles. The highest BCUT2D eigenvalue weighted by Gasteiger charge is 2.18. The second kappa shape index (κ2) is 10.2. The summed E-state index contributed by atoms with van der Waals surface area (Å²) in [5.74, 6) is -0.266. The second-order valence-electron chi connectivity index (χ2n) is 7.82. The number of thioether (sulfide) groups is 1. The summed E-state index contributed by atoms with van der Waals surface area (Å²) >= 11 is 1.80. The summed E-state index contributed by atoms with van der Waals surface area (Å²) in [7, 11) is 0. The van der Waals surface area contributed by atoms with E-state index in [0.29, 0.717) is 18.1 Å². The summed E-state index contributed by atoms with van der Waals surface area (Å²) in [5.41, 5.74) is -0.827. The van der Waals surface area contributed by atoms with Crippen LogP contribution in [-0.2, 0) is 19.1 Å². The SMILES string of the molecule is CSC(CCCC(=O)OC(C)(C)C)CCCC(=O)OC(C)(C)C. The summed E-state index contributed by atoms with van der Waals surface area (Å²) in [4.78, 5) is 23.3. The van der Waals surface area contributed by atoms with Crippen LogP contribution in [0.3, 0.4) is 0 Å². The third kappa shape index (κ3) is 14.6. The van der Waals surface area contributed by atoms with Gasteiger partial charge in [-0.3, -0.25) is 9.59 Å². The zero-order valence-electron chi connectivity index (χ0n) is 15.9. The second-order valence-corrected chi connectivity index (χ2v) is 8.95. The van der Waals surface area contributed by atoms with Crippen LogP contribution in [0.15, 0.2) is 0 Å². The normalized spacial score (nSPS) is 12.3. The number of hydrogen-bond acceptors (Lipinski definition) is 5. The average molecular weight is 347 g/mol. The van der Waals surface area contributed by atoms with Gasteiger partial charge in [0.05, 0.1) is 0 Å². The van der Waals surface area contributed by atoms with Crippen LogP contribution in [0.25, 0.3) is 0 Å². The number of carbonyl (C=O) groups excluding carboxylic acids is 2. The van der Waals surface area contributed by atoms with Gasteiger partial charge < -0.3 is 9.47 Å². The zero-order valence-corrected chi connectivity index (χ0v) is 16.7. The van der Waals surface area contributed by atoms with Crippen molar-refractivity contribution in [3.05, 3.63) is 0 Å². The molecule has 0 amide bonds. The number of carbonyl (C=O) groups is 2. The zero-order chi connectivity index (χ0) is 18.1. The Morgan fingerprint density at radius 1 is 0.826 bits per heavy atom. The minimum absolute atomic E-state index is 0.133. The van der Waals surface area contributed by atoms with Gasteiger partial charge in [-0.1, -0.05) is 0 Å². The Kier molecular flexibility index (Phi) is 9.90. The number of hydrogen-bond donors (Lipinski definition) is 0. The molecule has 23 heavy (non-hydrogen) atoms. The molecule has 0 saturated heterocycles. The molecule has 0 unspecified atom stereocenters. The average Bonchev–Trinajstić information content (AvgIpc) is 2.32. The van der Waals surface area contributed by atoms with E-state index in [1.165, 1.54) is 0 Å². The van der Waals surface area contributed by atoms with Gasteiger partial charge in [0, 0.05) is 18.1 Å². The standard InChI is InChI=1S/C18H34O4S/c1-17(2,3)21-15(19)12-8-10-14(23-7)11-9-13-16(20)22-18(4,5)6/h14H,8-13H2,1-7H3. The Labute approximate surface area is 146 Å². The number of esters is 2. The highest BCUT2D eigenvalue weighted by atomic mass is 32.2. The van der Waals surface area contributed by atoms with Crippen molar-refractivity contribution < 1.29 is 19.1 Å². The molecule has 0 aliphatic rings. The Morgan fingerprint density at radius 3 is 1.43 bits per heavy atom.